The number of halogens is 1. The second-order valence-corrected chi connectivity index (χ2v) is 4.86. The average molecular weight is 306 g/mol. The summed E-state index contributed by atoms with van der Waals surface area (Å²) in [5, 5.41) is 11.2. The van der Waals surface area contributed by atoms with Crippen LogP contribution >= 0.6 is 11.6 Å². The molecule has 6 heteroatoms. The predicted octanol–water partition coefficient (Wildman–Crippen LogP) is 4.55. The molecule has 0 aromatic heterocycles. The van der Waals surface area contributed by atoms with E-state index in [2.05, 4.69) is 0 Å². The van der Waals surface area contributed by atoms with Crippen LogP contribution in [0.5, 0.6) is 11.5 Å². The van der Waals surface area contributed by atoms with Crippen LogP contribution in [-0.2, 0) is 0 Å². The molecule has 0 heterocycles. The van der Waals surface area contributed by atoms with E-state index in [0.717, 1.165) is 0 Å². The maximum absolute atomic E-state index is 11.3. The molecule has 2 aromatic rings. The molecule has 0 atom stereocenters. The van der Waals surface area contributed by atoms with Gasteiger partial charge in [0.1, 0.15) is 11.5 Å². The number of nitro benzene ring substituents is 1. The molecule has 0 fully saturated rings. The van der Waals surface area contributed by atoms with Crippen molar-refractivity contribution < 1.29 is 14.5 Å². The third kappa shape index (κ3) is 3.20. The van der Waals surface area contributed by atoms with Crippen LogP contribution < -0.4 is 4.74 Å². The molecule has 0 aliphatic carbocycles. The largest absolute Gasteiger partial charge is 0.457 e. The zero-order valence-corrected chi connectivity index (χ0v) is 12.2. The summed E-state index contributed by atoms with van der Waals surface area (Å²) in [6.45, 7) is 3.03. The summed E-state index contributed by atoms with van der Waals surface area (Å²) in [6, 6.07) is 9.26. The molecule has 0 N–H and O–H groups in total. The van der Waals surface area contributed by atoms with Crippen LogP contribution in [-0.4, -0.2) is 10.7 Å². The van der Waals surface area contributed by atoms with Gasteiger partial charge in [-0.15, -0.1) is 0 Å². The Balaban J connectivity index is 2.35. The van der Waals surface area contributed by atoms with Gasteiger partial charge in [0.25, 0.3) is 5.69 Å². The van der Waals surface area contributed by atoms with Crippen molar-refractivity contribution in [1.82, 2.24) is 0 Å². The van der Waals surface area contributed by atoms with Crippen molar-refractivity contribution in [3.8, 4) is 11.5 Å². The van der Waals surface area contributed by atoms with Crippen LogP contribution in [0.15, 0.2) is 36.4 Å². The van der Waals surface area contributed by atoms with E-state index in [-0.39, 0.29) is 16.5 Å². The second-order valence-electron chi connectivity index (χ2n) is 4.46. The predicted molar refractivity (Wildman–Crippen MR) is 79.4 cm³/mol. The molecule has 2 rings (SSSR count). The molecular weight excluding hydrogens is 294 g/mol. The van der Waals surface area contributed by atoms with E-state index in [1.54, 1.807) is 31.2 Å². The van der Waals surface area contributed by atoms with Crippen molar-refractivity contribution in [3.05, 3.63) is 62.7 Å². The lowest BCUT2D eigenvalue weighted by atomic mass is 10.1. The Hall–Kier alpha value is -2.40. The number of nitrogens with zero attached hydrogens (tertiary/aromatic N) is 1. The molecule has 0 saturated carbocycles. The molecule has 0 unspecified atom stereocenters. The maximum atomic E-state index is 11.3. The van der Waals surface area contributed by atoms with Crippen molar-refractivity contribution in [2.45, 2.75) is 13.8 Å². The molecule has 0 aliphatic heterocycles. The second kappa shape index (κ2) is 5.93. The van der Waals surface area contributed by atoms with Gasteiger partial charge >= 0.3 is 0 Å². The van der Waals surface area contributed by atoms with Gasteiger partial charge in [-0.2, -0.15) is 0 Å². The molecule has 0 aliphatic rings. The summed E-state index contributed by atoms with van der Waals surface area (Å²) >= 11 is 6.00. The first-order chi connectivity index (χ1) is 9.90. The minimum Gasteiger partial charge on any atom is -0.457 e. The summed E-state index contributed by atoms with van der Waals surface area (Å²) in [5.74, 6) is 0.641. The number of hydrogen-bond donors (Lipinski definition) is 0. The summed E-state index contributed by atoms with van der Waals surface area (Å²) < 4.78 is 5.62. The van der Waals surface area contributed by atoms with Gasteiger partial charge in [-0.25, -0.2) is 0 Å². The fraction of sp³-hybridized carbons (Fsp3) is 0.133. The third-order valence-corrected chi connectivity index (χ3v) is 3.31. The van der Waals surface area contributed by atoms with Crippen molar-refractivity contribution >= 4 is 23.1 Å². The topological polar surface area (TPSA) is 69.4 Å². The van der Waals surface area contributed by atoms with Crippen molar-refractivity contribution in [2.75, 3.05) is 0 Å². The number of carbonyl (C=O) groups is 1. The Morgan fingerprint density at radius 2 is 2.00 bits per heavy atom. The van der Waals surface area contributed by atoms with E-state index in [4.69, 9.17) is 16.3 Å². The smallest absolute Gasteiger partial charge is 0.276 e. The van der Waals surface area contributed by atoms with E-state index in [1.807, 2.05) is 0 Å². The molecular formula is C15H12ClNO4. The molecule has 0 spiro atoms. The van der Waals surface area contributed by atoms with Gasteiger partial charge in [0, 0.05) is 17.7 Å². The Morgan fingerprint density at radius 3 is 2.57 bits per heavy atom. The van der Waals surface area contributed by atoms with Crippen LogP contribution in [0.25, 0.3) is 0 Å². The van der Waals surface area contributed by atoms with E-state index in [0.29, 0.717) is 22.6 Å². The van der Waals surface area contributed by atoms with E-state index >= 15 is 0 Å². The number of ketones is 1. The summed E-state index contributed by atoms with van der Waals surface area (Å²) in [4.78, 5) is 21.7. The van der Waals surface area contributed by atoms with Gasteiger partial charge in [0.2, 0.25) is 0 Å². The van der Waals surface area contributed by atoms with Crippen LogP contribution in [0, 0.1) is 17.0 Å². The first-order valence-electron chi connectivity index (χ1n) is 6.12. The summed E-state index contributed by atoms with van der Waals surface area (Å²) in [7, 11) is 0. The van der Waals surface area contributed by atoms with Crippen LogP contribution in [0.1, 0.15) is 22.8 Å². The molecule has 5 nitrogen and oxygen atoms in total. The molecule has 108 valence electrons. The van der Waals surface area contributed by atoms with Gasteiger partial charge in [-0.1, -0.05) is 17.7 Å². The standard InChI is InChI=1S/C15H12ClNO4/c1-9-14(17(19)20)4-3-5-15(9)21-11-6-7-12(10(2)18)13(16)8-11/h3-8H,1-2H3. The van der Waals surface area contributed by atoms with E-state index < -0.39 is 4.92 Å². The minimum atomic E-state index is -0.464. The first kappa shape index (κ1) is 15.0. The monoisotopic (exact) mass is 305 g/mol. The average Bonchev–Trinajstić information content (AvgIpc) is 2.40. The summed E-state index contributed by atoms with van der Waals surface area (Å²) in [5.41, 5.74) is 0.813. The number of rotatable bonds is 4. The molecule has 21 heavy (non-hydrogen) atoms. The minimum absolute atomic E-state index is 0.0149. The van der Waals surface area contributed by atoms with Crippen molar-refractivity contribution in [1.29, 1.82) is 0 Å². The van der Waals surface area contributed by atoms with E-state index in [9.17, 15) is 14.9 Å². The zero-order chi connectivity index (χ0) is 15.6. The number of hydrogen-bond acceptors (Lipinski definition) is 4. The molecule has 0 amide bonds. The lowest BCUT2D eigenvalue weighted by molar-refractivity contribution is -0.385. The molecule has 0 saturated heterocycles. The number of Topliss-reactive ketones (excluding diaryl/α,β-unsaturated/α-hetero) is 1. The van der Waals surface area contributed by atoms with Gasteiger partial charge in [0.15, 0.2) is 5.78 Å². The number of nitro groups is 1. The van der Waals surface area contributed by atoms with Gasteiger partial charge in [0.05, 0.1) is 15.5 Å². The number of benzene rings is 2. The Labute approximate surface area is 126 Å². The first-order valence-corrected chi connectivity index (χ1v) is 6.50. The highest BCUT2D eigenvalue weighted by Gasteiger charge is 2.15. The highest BCUT2D eigenvalue weighted by Crippen LogP contribution is 2.32. The lowest BCUT2D eigenvalue weighted by Crippen LogP contribution is -1.96. The van der Waals surface area contributed by atoms with Gasteiger partial charge in [-0.05, 0) is 32.0 Å². The fourth-order valence-electron chi connectivity index (χ4n) is 1.88. The SMILES string of the molecule is CC(=O)c1ccc(Oc2cccc([N+](=O)[O-])c2C)cc1Cl. The van der Waals surface area contributed by atoms with Crippen molar-refractivity contribution in [3.63, 3.8) is 0 Å². The summed E-state index contributed by atoms with van der Waals surface area (Å²) in [6.07, 6.45) is 0. The fourth-order valence-corrected chi connectivity index (χ4v) is 2.19. The highest BCUT2D eigenvalue weighted by molar-refractivity contribution is 6.34. The van der Waals surface area contributed by atoms with Crippen LogP contribution in [0.2, 0.25) is 5.02 Å². The molecule has 0 radical (unpaired) electrons. The van der Waals surface area contributed by atoms with Crippen LogP contribution in [0.3, 0.4) is 0 Å². The Morgan fingerprint density at radius 1 is 1.29 bits per heavy atom. The van der Waals surface area contributed by atoms with Crippen molar-refractivity contribution in [2.24, 2.45) is 0 Å². The maximum Gasteiger partial charge on any atom is 0.276 e. The normalized spacial score (nSPS) is 10.2. The Bertz CT molecular complexity index is 728. The zero-order valence-electron chi connectivity index (χ0n) is 11.4. The third-order valence-electron chi connectivity index (χ3n) is 3.00. The number of ether oxygens (including phenoxy) is 1. The van der Waals surface area contributed by atoms with E-state index in [1.165, 1.54) is 19.1 Å². The van der Waals surface area contributed by atoms with Crippen LogP contribution in [0.4, 0.5) is 5.69 Å². The van der Waals surface area contributed by atoms with Gasteiger partial charge < -0.3 is 4.74 Å². The molecule has 2 aromatic carbocycles. The highest BCUT2D eigenvalue weighted by atomic mass is 35.5. The van der Waals surface area contributed by atoms with Gasteiger partial charge in [-0.3, -0.25) is 14.9 Å². The lowest BCUT2D eigenvalue weighted by Gasteiger charge is -2.10. The quantitative estimate of drug-likeness (QED) is 0.472. The molecule has 0 bridgehead atoms. The number of carbonyl (C=O) groups excluding carboxylic acids is 1. The Kier molecular flexibility index (Phi) is 4.23.